The molecule has 0 spiro atoms. The molecule has 1 fully saturated rings. The SMILES string of the molecule is CCNC(=O)C(C)(C)CN=C(NCC)N1CCC(C)CC1. The molecule has 0 aromatic rings. The quantitative estimate of drug-likeness (QED) is 0.601. The Morgan fingerprint density at radius 2 is 1.76 bits per heavy atom. The van der Waals surface area contributed by atoms with E-state index < -0.39 is 5.41 Å². The lowest BCUT2D eigenvalue weighted by Gasteiger charge is -2.33. The zero-order valence-corrected chi connectivity index (χ0v) is 14.3. The average Bonchev–Trinajstić information content (AvgIpc) is 2.45. The fourth-order valence-electron chi connectivity index (χ4n) is 2.39. The van der Waals surface area contributed by atoms with Crippen LogP contribution in [0.1, 0.15) is 47.5 Å². The molecule has 0 aromatic carbocycles. The Labute approximate surface area is 129 Å². The fraction of sp³-hybridized carbons (Fsp3) is 0.875. The third kappa shape index (κ3) is 5.56. The maximum Gasteiger partial charge on any atom is 0.227 e. The van der Waals surface area contributed by atoms with E-state index in [9.17, 15) is 4.79 Å². The molecule has 1 saturated heterocycles. The van der Waals surface area contributed by atoms with Gasteiger partial charge in [-0.05, 0) is 46.5 Å². The van der Waals surface area contributed by atoms with Crippen molar-refractivity contribution in [2.45, 2.75) is 47.5 Å². The summed E-state index contributed by atoms with van der Waals surface area (Å²) < 4.78 is 0. The van der Waals surface area contributed by atoms with Crippen molar-refractivity contribution >= 4 is 11.9 Å². The molecular weight excluding hydrogens is 264 g/mol. The third-order valence-electron chi connectivity index (χ3n) is 3.99. The number of guanidine groups is 1. The van der Waals surface area contributed by atoms with Crippen LogP contribution in [0.25, 0.3) is 0 Å². The summed E-state index contributed by atoms with van der Waals surface area (Å²) in [4.78, 5) is 19.1. The van der Waals surface area contributed by atoms with Crippen LogP contribution >= 0.6 is 0 Å². The second-order valence-electron chi connectivity index (χ2n) is 6.58. The lowest BCUT2D eigenvalue weighted by molar-refractivity contribution is -0.128. The maximum absolute atomic E-state index is 12.0. The Kier molecular flexibility index (Phi) is 6.99. The number of nitrogens with one attached hydrogen (secondary N) is 2. The normalized spacial score (nSPS) is 17.8. The molecule has 0 atom stereocenters. The van der Waals surface area contributed by atoms with Crippen LogP contribution in [-0.2, 0) is 4.79 Å². The first-order valence-corrected chi connectivity index (χ1v) is 8.22. The van der Waals surface area contributed by atoms with Gasteiger partial charge in [0, 0.05) is 26.2 Å². The van der Waals surface area contributed by atoms with Gasteiger partial charge in [-0.25, -0.2) is 0 Å². The first-order valence-electron chi connectivity index (χ1n) is 8.22. The van der Waals surface area contributed by atoms with Gasteiger partial charge in [0.05, 0.1) is 12.0 Å². The number of likely N-dealkylation sites (tertiary alicyclic amines) is 1. The van der Waals surface area contributed by atoms with Crippen molar-refractivity contribution in [3.8, 4) is 0 Å². The van der Waals surface area contributed by atoms with Crippen LogP contribution in [0.3, 0.4) is 0 Å². The largest absolute Gasteiger partial charge is 0.357 e. The number of carbonyl (C=O) groups excluding carboxylic acids is 1. The van der Waals surface area contributed by atoms with Crippen molar-refractivity contribution in [1.82, 2.24) is 15.5 Å². The first-order chi connectivity index (χ1) is 9.90. The molecule has 2 N–H and O–H groups in total. The van der Waals surface area contributed by atoms with E-state index in [1.807, 2.05) is 20.8 Å². The Morgan fingerprint density at radius 3 is 2.29 bits per heavy atom. The summed E-state index contributed by atoms with van der Waals surface area (Å²) in [5.74, 6) is 1.81. The van der Waals surface area contributed by atoms with E-state index in [4.69, 9.17) is 4.99 Å². The fourth-order valence-corrected chi connectivity index (χ4v) is 2.39. The van der Waals surface area contributed by atoms with Crippen LogP contribution in [0, 0.1) is 11.3 Å². The predicted octanol–water partition coefficient (Wildman–Crippen LogP) is 1.85. The van der Waals surface area contributed by atoms with E-state index in [1.165, 1.54) is 12.8 Å². The number of amides is 1. The second-order valence-corrected chi connectivity index (χ2v) is 6.58. The summed E-state index contributed by atoms with van der Waals surface area (Å²) in [6, 6.07) is 0. The zero-order valence-electron chi connectivity index (χ0n) is 14.3. The summed E-state index contributed by atoms with van der Waals surface area (Å²) in [5, 5.41) is 6.24. The van der Waals surface area contributed by atoms with E-state index >= 15 is 0 Å². The highest BCUT2D eigenvalue weighted by molar-refractivity contribution is 5.83. The topological polar surface area (TPSA) is 56.7 Å². The number of rotatable bonds is 5. The Balaban J connectivity index is 2.69. The van der Waals surface area contributed by atoms with Crippen molar-refractivity contribution in [2.24, 2.45) is 16.3 Å². The van der Waals surface area contributed by atoms with Gasteiger partial charge in [0.15, 0.2) is 5.96 Å². The molecular formula is C16H32N4O. The summed E-state index contributed by atoms with van der Waals surface area (Å²) in [7, 11) is 0. The van der Waals surface area contributed by atoms with Crippen LogP contribution in [0.5, 0.6) is 0 Å². The lowest BCUT2D eigenvalue weighted by atomic mass is 9.92. The van der Waals surface area contributed by atoms with Gasteiger partial charge in [-0.2, -0.15) is 0 Å². The Hall–Kier alpha value is -1.26. The molecule has 0 radical (unpaired) electrons. The molecule has 0 aromatic heterocycles. The van der Waals surface area contributed by atoms with E-state index in [0.717, 1.165) is 31.5 Å². The van der Waals surface area contributed by atoms with Crippen molar-refractivity contribution < 1.29 is 4.79 Å². The third-order valence-corrected chi connectivity index (χ3v) is 3.99. The molecule has 0 saturated carbocycles. The minimum Gasteiger partial charge on any atom is -0.357 e. The van der Waals surface area contributed by atoms with Crippen molar-refractivity contribution in [1.29, 1.82) is 0 Å². The molecule has 122 valence electrons. The van der Waals surface area contributed by atoms with Crippen molar-refractivity contribution in [3.63, 3.8) is 0 Å². The number of carbonyl (C=O) groups is 1. The minimum atomic E-state index is -0.472. The van der Waals surface area contributed by atoms with Crippen LogP contribution in [-0.4, -0.2) is 49.5 Å². The molecule has 1 aliphatic rings. The number of aliphatic imine (C=N–C) groups is 1. The van der Waals surface area contributed by atoms with Crippen LogP contribution in [0.15, 0.2) is 4.99 Å². The molecule has 5 heteroatoms. The molecule has 1 aliphatic heterocycles. The molecule has 0 aliphatic carbocycles. The van der Waals surface area contributed by atoms with Crippen LogP contribution in [0.4, 0.5) is 0 Å². The zero-order chi connectivity index (χ0) is 15.9. The second kappa shape index (κ2) is 8.25. The van der Waals surface area contributed by atoms with Gasteiger partial charge in [0.2, 0.25) is 5.91 Å². The number of piperidine rings is 1. The standard InChI is InChI=1S/C16H32N4O/c1-6-17-14(21)16(4,5)12-19-15(18-7-2)20-10-8-13(3)9-11-20/h13H,6-12H2,1-5H3,(H,17,21)(H,18,19). The van der Waals surface area contributed by atoms with E-state index in [1.54, 1.807) is 0 Å². The number of hydrogen-bond acceptors (Lipinski definition) is 2. The Morgan fingerprint density at radius 1 is 1.19 bits per heavy atom. The first kappa shape index (κ1) is 17.8. The number of hydrogen-bond donors (Lipinski definition) is 2. The van der Waals surface area contributed by atoms with Gasteiger partial charge in [-0.3, -0.25) is 9.79 Å². The smallest absolute Gasteiger partial charge is 0.227 e. The highest BCUT2D eigenvalue weighted by Crippen LogP contribution is 2.18. The molecule has 1 amide bonds. The Bertz CT molecular complexity index is 357. The molecule has 0 bridgehead atoms. The maximum atomic E-state index is 12.0. The van der Waals surface area contributed by atoms with E-state index in [-0.39, 0.29) is 5.91 Å². The summed E-state index contributed by atoms with van der Waals surface area (Å²) in [5.41, 5.74) is -0.472. The van der Waals surface area contributed by atoms with Gasteiger partial charge in [-0.15, -0.1) is 0 Å². The summed E-state index contributed by atoms with van der Waals surface area (Å²) in [6.07, 6.45) is 2.42. The van der Waals surface area contributed by atoms with Crippen LogP contribution in [0.2, 0.25) is 0 Å². The van der Waals surface area contributed by atoms with Crippen LogP contribution < -0.4 is 10.6 Å². The van der Waals surface area contributed by atoms with Gasteiger partial charge in [-0.1, -0.05) is 6.92 Å². The molecule has 21 heavy (non-hydrogen) atoms. The molecule has 1 heterocycles. The van der Waals surface area contributed by atoms with E-state index in [2.05, 4.69) is 29.4 Å². The molecule has 5 nitrogen and oxygen atoms in total. The predicted molar refractivity (Wildman–Crippen MR) is 88.4 cm³/mol. The van der Waals surface area contributed by atoms with Crippen molar-refractivity contribution in [3.05, 3.63) is 0 Å². The monoisotopic (exact) mass is 296 g/mol. The highest BCUT2D eigenvalue weighted by Gasteiger charge is 2.27. The van der Waals surface area contributed by atoms with E-state index in [0.29, 0.717) is 13.1 Å². The minimum absolute atomic E-state index is 0.0665. The summed E-state index contributed by atoms with van der Waals surface area (Å²) in [6.45, 7) is 14.3. The number of nitrogens with zero attached hydrogens (tertiary/aromatic N) is 2. The van der Waals surface area contributed by atoms with Gasteiger partial charge in [0.1, 0.15) is 0 Å². The van der Waals surface area contributed by atoms with Gasteiger partial charge < -0.3 is 15.5 Å². The highest BCUT2D eigenvalue weighted by atomic mass is 16.2. The average molecular weight is 296 g/mol. The van der Waals surface area contributed by atoms with Gasteiger partial charge in [0.25, 0.3) is 0 Å². The lowest BCUT2D eigenvalue weighted by Crippen LogP contribution is -2.46. The molecule has 0 unspecified atom stereocenters. The van der Waals surface area contributed by atoms with Gasteiger partial charge >= 0.3 is 0 Å². The molecule has 1 rings (SSSR count). The van der Waals surface area contributed by atoms with Crippen molar-refractivity contribution in [2.75, 3.05) is 32.7 Å². The summed E-state index contributed by atoms with van der Waals surface area (Å²) >= 11 is 0.